The van der Waals surface area contributed by atoms with E-state index in [2.05, 4.69) is 54.6 Å². The Balaban J connectivity index is 1.94. The van der Waals surface area contributed by atoms with Crippen LogP contribution >= 0.6 is 11.3 Å². The van der Waals surface area contributed by atoms with Gasteiger partial charge in [0.1, 0.15) is 5.75 Å². The molecule has 0 saturated heterocycles. The Kier molecular flexibility index (Phi) is 10.5. The molecular weight excluding hydrogens is 384 g/mol. The number of hydrogen-bond donors (Lipinski definition) is 2. The minimum absolute atomic E-state index is 0.562. The van der Waals surface area contributed by atoms with E-state index < -0.39 is 0 Å². The Hall–Kier alpha value is -2.12. The predicted molar refractivity (Wildman–Crippen MR) is 121 cm³/mol. The van der Waals surface area contributed by atoms with E-state index in [9.17, 15) is 0 Å². The minimum atomic E-state index is 0.562. The number of aliphatic imine (C=N–C) groups is 1. The minimum Gasteiger partial charge on any atom is -0.493 e. The Morgan fingerprint density at radius 1 is 1.21 bits per heavy atom. The number of benzene rings is 1. The second kappa shape index (κ2) is 13.2. The molecule has 0 amide bonds. The van der Waals surface area contributed by atoms with Gasteiger partial charge in [-0.05, 0) is 31.9 Å². The molecule has 0 saturated carbocycles. The summed E-state index contributed by atoms with van der Waals surface area (Å²) in [7, 11) is 1.71. The van der Waals surface area contributed by atoms with Crippen LogP contribution < -0.4 is 15.4 Å². The number of rotatable bonds is 12. The van der Waals surface area contributed by atoms with Crippen molar-refractivity contribution in [1.29, 1.82) is 0 Å². The average molecular weight is 419 g/mol. The third-order valence-electron chi connectivity index (χ3n) is 4.31. The SMILES string of the molecule is CCNC(=NCc1ccc(C)cc1OCCCOC)NCCc1ncc(CC)s1. The number of methoxy groups -OCH3 is 1. The second-order valence-electron chi connectivity index (χ2n) is 6.75. The first-order valence-electron chi connectivity index (χ1n) is 10.3. The van der Waals surface area contributed by atoms with Crippen LogP contribution in [0.3, 0.4) is 0 Å². The summed E-state index contributed by atoms with van der Waals surface area (Å²) < 4.78 is 11.1. The van der Waals surface area contributed by atoms with E-state index in [4.69, 9.17) is 14.5 Å². The zero-order chi connectivity index (χ0) is 20.9. The number of aryl methyl sites for hydroxylation is 2. The molecule has 0 atom stereocenters. The summed E-state index contributed by atoms with van der Waals surface area (Å²) in [6, 6.07) is 6.27. The van der Waals surface area contributed by atoms with Gasteiger partial charge in [-0.2, -0.15) is 0 Å². The van der Waals surface area contributed by atoms with Gasteiger partial charge in [-0.1, -0.05) is 19.1 Å². The Labute approximate surface area is 178 Å². The highest BCUT2D eigenvalue weighted by Crippen LogP contribution is 2.21. The lowest BCUT2D eigenvalue weighted by Gasteiger charge is -2.13. The molecular formula is C22H34N4O2S. The average Bonchev–Trinajstić information content (AvgIpc) is 3.18. The molecule has 29 heavy (non-hydrogen) atoms. The van der Waals surface area contributed by atoms with Crippen LogP contribution in [0.4, 0.5) is 0 Å². The van der Waals surface area contributed by atoms with E-state index in [1.807, 2.05) is 6.20 Å². The molecule has 0 spiro atoms. The lowest BCUT2D eigenvalue weighted by molar-refractivity contribution is 0.172. The molecule has 6 nitrogen and oxygen atoms in total. The third kappa shape index (κ3) is 8.41. The van der Waals surface area contributed by atoms with E-state index in [0.29, 0.717) is 19.8 Å². The number of hydrogen-bond acceptors (Lipinski definition) is 5. The Morgan fingerprint density at radius 2 is 2.07 bits per heavy atom. The van der Waals surface area contributed by atoms with Crippen molar-refractivity contribution in [2.24, 2.45) is 4.99 Å². The van der Waals surface area contributed by atoms with Gasteiger partial charge in [0.15, 0.2) is 5.96 Å². The van der Waals surface area contributed by atoms with Crippen molar-refractivity contribution >= 4 is 17.3 Å². The lowest BCUT2D eigenvalue weighted by atomic mass is 10.1. The first kappa shape index (κ1) is 23.2. The maximum Gasteiger partial charge on any atom is 0.191 e. The maximum absolute atomic E-state index is 5.97. The van der Waals surface area contributed by atoms with Gasteiger partial charge in [-0.15, -0.1) is 11.3 Å². The van der Waals surface area contributed by atoms with Crippen LogP contribution in [0.25, 0.3) is 0 Å². The summed E-state index contributed by atoms with van der Waals surface area (Å²) in [6.45, 7) is 9.82. The smallest absolute Gasteiger partial charge is 0.191 e. The number of aromatic nitrogens is 1. The Bertz CT molecular complexity index is 761. The number of guanidine groups is 1. The largest absolute Gasteiger partial charge is 0.493 e. The van der Waals surface area contributed by atoms with Crippen LogP contribution in [0.2, 0.25) is 0 Å². The summed E-state index contributed by atoms with van der Waals surface area (Å²) >= 11 is 1.79. The van der Waals surface area contributed by atoms with Crippen molar-refractivity contribution in [1.82, 2.24) is 15.6 Å². The molecule has 0 fully saturated rings. The first-order valence-corrected chi connectivity index (χ1v) is 11.1. The van der Waals surface area contributed by atoms with Gasteiger partial charge >= 0.3 is 0 Å². The molecule has 2 N–H and O–H groups in total. The van der Waals surface area contributed by atoms with Crippen LogP contribution in [0.15, 0.2) is 29.4 Å². The second-order valence-corrected chi connectivity index (χ2v) is 7.95. The molecule has 1 heterocycles. The third-order valence-corrected chi connectivity index (χ3v) is 5.51. The summed E-state index contributed by atoms with van der Waals surface area (Å²) in [5, 5.41) is 7.88. The van der Waals surface area contributed by atoms with Gasteiger partial charge in [-0.3, -0.25) is 0 Å². The molecule has 0 aliphatic heterocycles. The monoisotopic (exact) mass is 418 g/mol. The van der Waals surface area contributed by atoms with E-state index >= 15 is 0 Å². The van der Waals surface area contributed by atoms with Crippen LogP contribution in [-0.2, 0) is 24.1 Å². The van der Waals surface area contributed by atoms with E-state index in [1.54, 1.807) is 18.4 Å². The van der Waals surface area contributed by atoms with Crippen molar-refractivity contribution in [3.05, 3.63) is 45.4 Å². The molecule has 0 radical (unpaired) electrons. The zero-order valence-electron chi connectivity index (χ0n) is 18.1. The fraction of sp³-hybridized carbons (Fsp3) is 0.545. The molecule has 160 valence electrons. The van der Waals surface area contributed by atoms with Crippen molar-refractivity contribution in [2.45, 2.75) is 46.6 Å². The normalized spacial score (nSPS) is 11.5. The van der Waals surface area contributed by atoms with E-state index in [-0.39, 0.29) is 0 Å². The molecule has 1 aromatic carbocycles. The molecule has 1 aromatic heterocycles. The van der Waals surface area contributed by atoms with Crippen molar-refractivity contribution in [3.63, 3.8) is 0 Å². The quantitative estimate of drug-likeness (QED) is 0.312. The van der Waals surface area contributed by atoms with Gasteiger partial charge in [0.2, 0.25) is 0 Å². The molecule has 0 aliphatic carbocycles. The fourth-order valence-corrected chi connectivity index (χ4v) is 3.59. The van der Waals surface area contributed by atoms with Gasteiger partial charge in [-0.25, -0.2) is 9.98 Å². The van der Waals surface area contributed by atoms with Crippen LogP contribution in [0.5, 0.6) is 5.75 Å². The molecule has 0 unspecified atom stereocenters. The van der Waals surface area contributed by atoms with E-state index in [1.165, 1.54) is 10.4 Å². The molecule has 0 aliphatic rings. The van der Waals surface area contributed by atoms with Gasteiger partial charge in [0.05, 0.1) is 18.2 Å². The Morgan fingerprint density at radius 3 is 2.79 bits per heavy atom. The van der Waals surface area contributed by atoms with Gasteiger partial charge < -0.3 is 20.1 Å². The number of nitrogens with zero attached hydrogens (tertiary/aromatic N) is 2. The number of thiazole rings is 1. The highest BCUT2D eigenvalue weighted by Gasteiger charge is 2.06. The van der Waals surface area contributed by atoms with Crippen LogP contribution in [-0.4, -0.2) is 44.4 Å². The van der Waals surface area contributed by atoms with Gasteiger partial charge in [0.25, 0.3) is 0 Å². The summed E-state index contributed by atoms with van der Waals surface area (Å²) in [5.74, 6) is 1.71. The van der Waals surface area contributed by atoms with Crippen LogP contribution in [0.1, 0.15) is 41.3 Å². The number of nitrogens with one attached hydrogen (secondary N) is 2. The first-order chi connectivity index (χ1) is 14.2. The zero-order valence-corrected chi connectivity index (χ0v) is 18.9. The van der Waals surface area contributed by atoms with Crippen molar-refractivity contribution in [3.8, 4) is 5.75 Å². The standard InChI is InChI=1S/C22H34N4O2S/c1-5-19-16-25-21(29-19)10-11-24-22(23-6-2)26-15-18-9-8-17(3)14-20(18)28-13-7-12-27-4/h8-9,14,16H,5-7,10-13,15H2,1-4H3,(H2,23,24,26). The molecule has 7 heteroatoms. The number of ether oxygens (including phenoxy) is 2. The summed E-state index contributed by atoms with van der Waals surface area (Å²) in [6.07, 6.45) is 4.79. The fourth-order valence-electron chi connectivity index (χ4n) is 2.73. The maximum atomic E-state index is 5.97. The van der Waals surface area contributed by atoms with Crippen LogP contribution in [0, 0.1) is 6.92 Å². The predicted octanol–water partition coefficient (Wildman–Crippen LogP) is 3.73. The van der Waals surface area contributed by atoms with Crippen molar-refractivity contribution < 1.29 is 9.47 Å². The summed E-state index contributed by atoms with van der Waals surface area (Å²) in [4.78, 5) is 10.6. The highest BCUT2D eigenvalue weighted by atomic mass is 32.1. The van der Waals surface area contributed by atoms with Crippen molar-refractivity contribution in [2.75, 3.05) is 33.4 Å². The molecule has 2 rings (SSSR count). The summed E-state index contributed by atoms with van der Waals surface area (Å²) in [5.41, 5.74) is 2.26. The topological polar surface area (TPSA) is 67.8 Å². The van der Waals surface area contributed by atoms with E-state index in [0.717, 1.165) is 54.6 Å². The lowest BCUT2D eigenvalue weighted by Crippen LogP contribution is -2.38. The van der Waals surface area contributed by atoms with Gasteiger partial charge in [0, 0.05) is 56.3 Å². The molecule has 0 bridgehead atoms. The molecule has 2 aromatic rings. The highest BCUT2D eigenvalue weighted by molar-refractivity contribution is 7.11.